The van der Waals surface area contributed by atoms with E-state index in [2.05, 4.69) is 54.4 Å². The highest BCUT2D eigenvalue weighted by Crippen LogP contribution is 2.53. The fourth-order valence-electron chi connectivity index (χ4n) is 6.46. The summed E-state index contributed by atoms with van der Waals surface area (Å²) < 4.78 is 31.9. The Morgan fingerprint density at radius 1 is 1.12 bits per heavy atom. The molecule has 2 heterocycles. The fourth-order valence-corrected chi connectivity index (χ4v) is 7.22. The number of aromatic nitrogens is 1. The SMILES string of the molecule is CCCCCc1cc(O)c2c(c1)OC(C)(C)[C@@H]1CCC(C)=C[C@@H]21.CNS(=O)(=O)Cc1ccc2[nH]cc(CCN(C)C)c2c1. The zero-order valence-electron chi connectivity index (χ0n) is 27.1. The Balaban J connectivity index is 0.000000199. The number of allylic oxidation sites excluding steroid dienone is 2. The highest BCUT2D eigenvalue weighted by molar-refractivity contribution is 7.88. The summed E-state index contributed by atoms with van der Waals surface area (Å²) in [5.74, 6) is 2.06. The Labute approximate surface area is 258 Å². The van der Waals surface area contributed by atoms with Gasteiger partial charge in [-0.2, -0.15) is 0 Å². The first-order chi connectivity index (χ1) is 20.3. The second-order valence-corrected chi connectivity index (χ2v) is 15.0. The summed E-state index contributed by atoms with van der Waals surface area (Å²) >= 11 is 0. The Morgan fingerprint density at radius 2 is 1.88 bits per heavy atom. The lowest BCUT2D eigenvalue weighted by Gasteiger charge is -2.46. The summed E-state index contributed by atoms with van der Waals surface area (Å²) in [6.07, 6.45) is 12.2. The third-order valence-corrected chi connectivity index (χ3v) is 10.3. The van der Waals surface area contributed by atoms with Crippen molar-refractivity contribution in [2.45, 2.75) is 89.9 Å². The predicted octanol–water partition coefficient (Wildman–Crippen LogP) is 7.06. The van der Waals surface area contributed by atoms with E-state index in [9.17, 15) is 13.5 Å². The van der Waals surface area contributed by atoms with Gasteiger partial charge in [-0.1, -0.05) is 37.5 Å². The van der Waals surface area contributed by atoms with E-state index in [1.54, 1.807) is 0 Å². The first kappa shape index (κ1) is 33.1. The first-order valence-corrected chi connectivity index (χ1v) is 17.4. The second-order valence-electron chi connectivity index (χ2n) is 13.1. The van der Waals surface area contributed by atoms with Gasteiger partial charge in [0.1, 0.15) is 17.1 Å². The number of hydrogen-bond acceptors (Lipinski definition) is 5. The molecule has 0 saturated carbocycles. The molecule has 2 atom stereocenters. The van der Waals surface area contributed by atoms with Crippen LogP contribution >= 0.6 is 0 Å². The third kappa shape index (κ3) is 8.22. The van der Waals surface area contributed by atoms with Gasteiger partial charge in [-0.05, 0) is 115 Å². The van der Waals surface area contributed by atoms with Gasteiger partial charge in [-0.25, -0.2) is 13.1 Å². The van der Waals surface area contributed by atoms with Gasteiger partial charge in [0.2, 0.25) is 10.0 Å². The maximum atomic E-state index is 11.6. The van der Waals surface area contributed by atoms with E-state index in [1.165, 1.54) is 43.0 Å². The number of benzene rings is 2. The summed E-state index contributed by atoms with van der Waals surface area (Å²) in [6, 6.07) is 9.88. The van der Waals surface area contributed by atoms with Crippen LogP contribution in [0.2, 0.25) is 0 Å². The van der Waals surface area contributed by atoms with Crippen LogP contribution in [0.4, 0.5) is 0 Å². The molecule has 7 nitrogen and oxygen atoms in total. The summed E-state index contributed by atoms with van der Waals surface area (Å²) in [6.45, 7) is 9.78. The van der Waals surface area contributed by atoms with Crippen LogP contribution in [0, 0.1) is 5.92 Å². The average molecular weight is 610 g/mol. The predicted molar refractivity (Wildman–Crippen MR) is 178 cm³/mol. The second kappa shape index (κ2) is 13.9. The number of fused-ring (bicyclic) bond motifs is 4. The largest absolute Gasteiger partial charge is 0.507 e. The fraction of sp³-hybridized carbons (Fsp3) is 0.543. The van der Waals surface area contributed by atoms with E-state index in [0.717, 1.165) is 60.0 Å². The van der Waals surface area contributed by atoms with E-state index >= 15 is 0 Å². The van der Waals surface area contributed by atoms with Gasteiger partial charge >= 0.3 is 0 Å². The van der Waals surface area contributed by atoms with Crippen molar-refractivity contribution in [3.8, 4) is 11.5 Å². The number of hydrogen-bond donors (Lipinski definition) is 3. The number of ether oxygens (including phenoxy) is 1. The molecular weight excluding hydrogens is 558 g/mol. The molecule has 8 heteroatoms. The van der Waals surface area contributed by atoms with Gasteiger partial charge in [0.05, 0.1) is 5.75 Å². The number of rotatable bonds is 10. The molecule has 236 valence electrons. The number of phenolic OH excluding ortho intramolecular Hbond substituents is 1. The number of aromatic hydroxyl groups is 1. The molecule has 0 unspecified atom stereocenters. The molecule has 3 aromatic rings. The van der Waals surface area contributed by atoms with E-state index in [4.69, 9.17) is 4.74 Å². The summed E-state index contributed by atoms with van der Waals surface area (Å²) in [5, 5.41) is 11.8. The number of likely N-dealkylation sites (N-methyl/N-ethyl adjacent to an activating group) is 1. The van der Waals surface area contributed by atoms with Crippen LogP contribution in [0.3, 0.4) is 0 Å². The zero-order valence-corrected chi connectivity index (χ0v) is 27.9. The highest BCUT2D eigenvalue weighted by atomic mass is 32.2. The quantitative estimate of drug-likeness (QED) is 0.169. The molecule has 0 radical (unpaired) electrons. The van der Waals surface area contributed by atoms with Gasteiger partial charge < -0.3 is 19.7 Å². The molecule has 1 aliphatic heterocycles. The maximum absolute atomic E-state index is 11.6. The minimum Gasteiger partial charge on any atom is -0.507 e. The molecular formula is C35H51N3O4S. The first-order valence-electron chi connectivity index (χ1n) is 15.7. The molecule has 3 N–H and O–H groups in total. The molecule has 2 aliphatic rings. The summed E-state index contributed by atoms with van der Waals surface area (Å²) in [7, 11) is 2.29. The number of sulfonamides is 1. The van der Waals surface area contributed by atoms with Crippen LogP contribution in [0.5, 0.6) is 11.5 Å². The molecule has 1 aliphatic carbocycles. The molecule has 0 bridgehead atoms. The lowest BCUT2D eigenvalue weighted by Crippen LogP contribution is -2.45. The lowest BCUT2D eigenvalue weighted by atomic mass is 9.68. The smallest absolute Gasteiger partial charge is 0.215 e. The van der Waals surface area contributed by atoms with Crippen molar-refractivity contribution < 1.29 is 18.3 Å². The van der Waals surface area contributed by atoms with Crippen LogP contribution in [-0.2, 0) is 28.6 Å². The monoisotopic (exact) mass is 609 g/mol. The minimum atomic E-state index is -3.23. The van der Waals surface area contributed by atoms with Crippen LogP contribution in [0.25, 0.3) is 10.9 Å². The van der Waals surface area contributed by atoms with Crippen molar-refractivity contribution >= 4 is 20.9 Å². The number of nitrogens with zero attached hydrogens (tertiary/aromatic N) is 1. The van der Waals surface area contributed by atoms with Gasteiger partial charge in [-0.15, -0.1) is 0 Å². The molecule has 1 aromatic heterocycles. The summed E-state index contributed by atoms with van der Waals surface area (Å²) in [5.41, 5.74) is 6.53. The lowest BCUT2D eigenvalue weighted by molar-refractivity contribution is 0.0107. The molecule has 5 rings (SSSR count). The maximum Gasteiger partial charge on any atom is 0.215 e. The van der Waals surface area contributed by atoms with Crippen molar-refractivity contribution in [3.05, 3.63) is 70.4 Å². The minimum absolute atomic E-state index is 0.0116. The molecule has 0 saturated heterocycles. The normalized spacial score (nSPS) is 19.2. The third-order valence-electron chi connectivity index (χ3n) is 8.92. The average Bonchev–Trinajstić information content (AvgIpc) is 3.33. The zero-order chi connectivity index (χ0) is 31.4. The standard InChI is InChI=1S/C21H30O2.C14H21N3O2S/c1-5-6-7-8-15-12-18(22)20-16-11-14(2)9-10-17(16)21(3,4)23-19(20)13-15;1-15-20(18,19)10-11-4-5-14-13(8-11)12(9-16-14)6-7-17(2)3/h11-13,16-17,22H,5-10H2,1-4H3;4-5,8-9,15-16H,6-7,10H2,1-3H3/t16-,17-;/m1./s1. The van der Waals surface area contributed by atoms with Crippen LogP contribution in [0.1, 0.15) is 88.0 Å². The number of nitrogens with one attached hydrogen (secondary N) is 2. The Kier molecular flexibility index (Phi) is 10.7. The van der Waals surface area contributed by atoms with Crippen molar-refractivity contribution in [1.82, 2.24) is 14.6 Å². The molecule has 0 amide bonds. The number of aromatic amines is 1. The van der Waals surface area contributed by atoms with Crippen molar-refractivity contribution in [1.29, 1.82) is 0 Å². The highest BCUT2D eigenvalue weighted by Gasteiger charge is 2.45. The molecule has 43 heavy (non-hydrogen) atoms. The Morgan fingerprint density at radius 3 is 2.58 bits per heavy atom. The molecule has 0 spiro atoms. The molecule has 2 aromatic carbocycles. The number of aryl methyl sites for hydroxylation is 1. The van der Waals surface area contributed by atoms with E-state index in [0.29, 0.717) is 11.7 Å². The number of phenols is 1. The van der Waals surface area contributed by atoms with E-state index in [1.807, 2.05) is 44.6 Å². The van der Waals surface area contributed by atoms with Crippen molar-refractivity contribution in [2.24, 2.45) is 5.92 Å². The Hall–Kier alpha value is -2.81. The van der Waals surface area contributed by atoms with Crippen molar-refractivity contribution in [3.63, 3.8) is 0 Å². The van der Waals surface area contributed by atoms with Gasteiger partial charge in [0, 0.05) is 41.0 Å². The van der Waals surface area contributed by atoms with Crippen molar-refractivity contribution in [2.75, 3.05) is 27.7 Å². The van der Waals surface area contributed by atoms with Crippen LogP contribution < -0.4 is 9.46 Å². The van der Waals surface area contributed by atoms with Gasteiger partial charge in [0.15, 0.2) is 0 Å². The number of unbranched alkanes of at least 4 members (excludes halogenated alkanes) is 2. The summed E-state index contributed by atoms with van der Waals surface area (Å²) in [4.78, 5) is 5.37. The van der Waals surface area contributed by atoms with Gasteiger partial charge in [0.25, 0.3) is 0 Å². The van der Waals surface area contributed by atoms with Crippen LogP contribution in [0.15, 0.2) is 48.2 Å². The Bertz CT molecular complexity index is 1540. The van der Waals surface area contributed by atoms with E-state index < -0.39 is 10.0 Å². The number of H-pyrrole nitrogens is 1. The van der Waals surface area contributed by atoms with E-state index in [-0.39, 0.29) is 17.3 Å². The van der Waals surface area contributed by atoms with Crippen LogP contribution in [-0.4, -0.2) is 56.7 Å². The topological polar surface area (TPSA) is 94.7 Å². The molecule has 0 fully saturated rings. The van der Waals surface area contributed by atoms with Gasteiger partial charge in [-0.3, -0.25) is 0 Å².